The lowest BCUT2D eigenvalue weighted by molar-refractivity contribution is 0.323. The van der Waals surface area contributed by atoms with E-state index in [2.05, 4.69) is 45.5 Å². The van der Waals surface area contributed by atoms with Gasteiger partial charge < -0.3 is 0 Å². The number of aryl methyl sites for hydroxylation is 1. The maximum Gasteiger partial charge on any atom is -0.0159 e. The summed E-state index contributed by atoms with van der Waals surface area (Å²) < 4.78 is 0. The first-order valence-electron chi connectivity index (χ1n) is 7.28. The van der Waals surface area contributed by atoms with Gasteiger partial charge in [0.25, 0.3) is 0 Å². The molecular formula is C18H26. The second-order valence-electron chi connectivity index (χ2n) is 6.17. The van der Waals surface area contributed by atoms with Gasteiger partial charge in [0.15, 0.2) is 0 Å². The van der Waals surface area contributed by atoms with Gasteiger partial charge in [-0.25, -0.2) is 0 Å². The minimum absolute atomic E-state index is 0.797. The maximum absolute atomic E-state index is 4.05. The fourth-order valence-electron chi connectivity index (χ4n) is 3.39. The molecule has 1 saturated carbocycles. The Hall–Kier alpha value is -1.04. The maximum atomic E-state index is 4.05. The molecule has 0 amide bonds. The standard InChI is InChI=1S/C18H26/c1-13(2)12-16-8-10-17(11-9-16)18-7-5-6-14(3)15(18)4/h5-7,16-17H,1,8-12H2,2-4H3. The monoisotopic (exact) mass is 242 g/mol. The molecule has 0 aliphatic heterocycles. The van der Waals surface area contributed by atoms with E-state index in [1.807, 2.05) is 0 Å². The molecule has 0 unspecified atom stereocenters. The topological polar surface area (TPSA) is 0 Å². The predicted molar refractivity (Wildman–Crippen MR) is 80.0 cm³/mol. The zero-order valence-electron chi connectivity index (χ0n) is 12.1. The lowest BCUT2D eigenvalue weighted by Crippen LogP contribution is -2.14. The molecule has 0 heteroatoms. The lowest BCUT2D eigenvalue weighted by atomic mass is 9.75. The van der Waals surface area contributed by atoms with Gasteiger partial charge in [0.1, 0.15) is 0 Å². The number of hydrogen-bond donors (Lipinski definition) is 0. The summed E-state index contributed by atoms with van der Waals surface area (Å²) >= 11 is 0. The first-order chi connectivity index (χ1) is 8.58. The average Bonchev–Trinajstić information content (AvgIpc) is 2.33. The second kappa shape index (κ2) is 5.73. The van der Waals surface area contributed by atoms with E-state index in [0.717, 1.165) is 11.8 Å². The third-order valence-corrected chi connectivity index (χ3v) is 4.57. The van der Waals surface area contributed by atoms with Crippen molar-refractivity contribution in [2.24, 2.45) is 5.92 Å². The van der Waals surface area contributed by atoms with E-state index in [4.69, 9.17) is 0 Å². The van der Waals surface area contributed by atoms with Gasteiger partial charge in [-0.3, -0.25) is 0 Å². The zero-order chi connectivity index (χ0) is 13.1. The first-order valence-corrected chi connectivity index (χ1v) is 7.28. The molecule has 0 nitrogen and oxygen atoms in total. The average molecular weight is 242 g/mol. The normalized spacial score (nSPS) is 23.9. The van der Waals surface area contributed by atoms with Gasteiger partial charge in [0.05, 0.1) is 0 Å². The SMILES string of the molecule is C=C(C)CC1CCC(c2cccc(C)c2C)CC1. The second-order valence-corrected chi connectivity index (χ2v) is 6.17. The molecular weight excluding hydrogens is 216 g/mol. The Morgan fingerprint density at radius 1 is 1.17 bits per heavy atom. The van der Waals surface area contributed by atoms with Gasteiger partial charge in [-0.2, -0.15) is 0 Å². The highest BCUT2D eigenvalue weighted by molar-refractivity contribution is 5.35. The van der Waals surface area contributed by atoms with Crippen LogP contribution in [0, 0.1) is 19.8 Å². The van der Waals surface area contributed by atoms with E-state index in [9.17, 15) is 0 Å². The van der Waals surface area contributed by atoms with Crippen LogP contribution in [0.4, 0.5) is 0 Å². The summed E-state index contributed by atoms with van der Waals surface area (Å²) in [7, 11) is 0. The molecule has 1 aliphatic carbocycles. The minimum atomic E-state index is 0.797. The van der Waals surface area contributed by atoms with Crippen LogP contribution in [0.25, 0.3) is 0 Å². The highest BCUT2D eigenvalue weighted by Gasteiger charge is 2.23. The molecule has 0 aromatic heterocycles. The van der Waals surface area contributed by atoms with Crippen LogP contribution in [0.5, 0.6) is 0 Å². The third kappa shape index (κ3) is 3.04. The minimum Gasteiger partial charge on any atom is -0.100 e. The quantitative estimate of drug-likeness (QED) is 0.610. The van der Waals surface area contributed by atoms with Crippen LogP contribution >= 0.6 is 0 Å². The highest BCUT2D eigenvalue weighted by Crippen LogP contribution is 2.39. The largest absolute Gasteiger partial charge is 0.100 e. The number of allylic oxidation sites excluding steroid dienone is 1. The summed E-state index contributed by atoms with van der Waals surface area (Å²) in [4.78, 5) is 0. The predicted octanol–water partition coefficient (Wildman–Crippen LogP) is 5.54. The molecule has 98 valence electrons. The Morgan fingerprint density at radius 3 is 2.44 bits per heavy atom. The van der Waals surface area contributed by atoms with E-state index in [-0.39, 0.29) is 0 Å². The van der Waals surface area contributed by atoms with Gasteiger partial charge in [-0.1, -0.05) is 23.8 Å². The number of hydrogen-bond acceptors (Lipinski definition) is 0. The van der Waals surface area contributed by atoms with E-state index in [0.29, 0.717) is 0 Å². The Bertz CT molecular complexity index is 420. The third-order valence-electron chi connectivity index (χ3n) is 4.57. The Labute approximate surface area is 112 Å². The molecule has 2 rings (SSSR count). The summed E-state index contributed by atoms with van der Waals surface area (Å²) in [6.07, 6.45) is 6.72. The van der Waals surface area contributed by atoms with Crippen molar-refractivity contribution in [3.05, 3.63) is 47.0 Å². The van der Waals surface area contributed by atoms with Crippen LogP contribution < -0.4 is 0 Å². The lowest BCUT2D eigenvalue weighted by Gasteiger charge is -2.30. The van der Waals surface area contributed by atoms with E-state index in [1.165, 1.54) is 48.8 Å². The molecule has 1 aromatic carbocycles. The smallest absolute Gasteiger partial charge is 0.0159 e. The van der Waals surface area contributed by atoms with Crippen LogP contribution in [0.1, 0.15) is 61.6 Å². The van der Waals surface area contributed by atoms with Gasteiger partial charge >= 0.3 is 0 Å². The Morgan fingerprint density at radius 2 is 1.83 bits per heavy atom. The van der Waals surface area contributed by atoms with Gasteiger partial charge in [-0.05, 0) is 81.4 Å². The summed E-state index contributed by atoms with van der Waals surface area (Å²) in [5, 5.41) is 0. The summed E-state index contributed by atoms with van der Waals surface area (Å²) in [6, 6.07) is 6.79. The molecule has 1 aliphatic rings. The molecule has 0 radical (unpaired) electrons. The van der Waals surface area contributed by atoms with Gasteiger partial charge in [0.2, 0.25) is 0 Å². The van der Waals surface area contributed by atoms with Gasteiger partial charge in [0, 0.05) is 0 Å². The summed E-state index contributed by atoms with van der Waals surface area (Å²) in [5.74, 6) is 1.69. The van der Waals surface area contributed by atoms with Crippen molar-refractivity contribution in [2.45, 2.75) is 58.8 Å². The summed E-state index contributed by atoms with van der Waals surface area (Å²) in [5.41, 5.74) is 5.91. The first kappa shape index (κ1) is 13.4. The van der Waals surface area contributed by atoms with Crippen LogP contribution in [0.3, 0.4) is 0 Å². The Kier molecular flexibility index (Phi) is 4.27. The number of benzene rings is 1. The van der Waals surface area contributed by atoms with Crippen LogP contribution in [-0.4, -0.2) is 0 Å². The molecule has 18 heavy (non-hydrogen) atoms. The molecule has 0 spiro atoms. The van der Waals surface area contributed by atoms with Crippen molar-refractivity contribution >= 4 is 0 Å². The fourth-order valence-corrected chi connectivity index (χ4v) is 3.39. The molecule has 0 heterocycles. The van der Waals surface area contributed by atoms with Crippen molar-refractivity contribution in [3.63, 3.8) is 0 Å². The molecule has 1 aromatic rings. The molecule has 0 saturated heterocycles. The van der Waals surface area contributed by atoms with Crippen molar-refractivity contribution in [1.29, 1.82) is 0 Å². The van der Waals surface area contributed by atoms with Crippen LogP contribution in [0.2, 0.25) is 0 Å². The summed E-state index contributed by atoms with van der Waals surface area (Å²) in [6.45, 7) is 10.7. The van der Waals surface area contributed by atoms with Crippen molar-refractivity contribution in [3.8, 4) is 0 Å². The van der Waals surface area contributed by atoms with E-state index in [1.54, 1.807) is 5.56 Å². The van der Waals surface area contributed by atoms with Crippen LogP contribution in [-0.2, 0) is 0 Å². The van der Waals surface area contributed by atoms with Gasteiger partial charge in [-0.15, -0.1) is 6.58 Å². The van der Waals surface area contributed by atoms with Crippen molar-refractivity contribution < 1.29 is 0 Å². The molecule has 1 fully saturated rings. The molecule has 0 atom stereocenters. The zero-order valence-corrected chi connectivity index (χ0v) is 12.1. The molecule has 0 bridgehead atoms. The highest BCUT2D eigenvalue weighted by atomic mass is 14.3. The van der Waals surface area contributed by atoms with Crippen molar-refractivity contribution in [2.75, 3.05) is 0 Å². The number of rotatable bonds is 3. The van der Waals surface area contributed by atoms with E-state index >= 15 is 0 Å². The van der Waals surface area contributed by atoms with E-state index < -0.39 is 0 Å². The fraction of sp³-hybridized carbons (Fsp3) is 0.556. The van der Waals surface area contributed by atoms with Crippen LogP contribution in [0.15, 0.2) is 30.4 Å². The molecule has 0 N–H and O–H groups in total. The Balaban J connectivity index is 2.01. The van der Waals surface area contributed by atoms with Crippen molar-refractivity contribution in [1.82, 2.24) is 0 Å².